The van der Waals surface area contributed by atoms with Gasteiger partial charge in [0.2, 0.25) is 0 Å². The van der Waals surface area contributed by atoms with Gasteiger partial charge in [0.1, 0.15) is 33.6 Å². The van der Waals surface area contributed by atoms with Crippen LogP contribution in [0.15, 0.2) is 72.9 Å². The molecular formula is C88H136O12. The number of carbonyl (C=O) groups excluding carboxylic acids is 6. The first-order valence-electron chi connectivity index (χ1n) is 40.3. The number of hydrogen-bond donors (Lipinski definition) is 0. The molecule has 18 rings (SSSR count). The Bertz CT molecular complexity index is 2930. The summed E-state index contributed by atoms with van der Waals surface area (Å²) in [6.45, 7) is 49.7. The Balaban J connectivity index is 0.000000141. The molecule has 18 aliphatic rings. The van der Waals surface area contributed by atoms with Crippen LogP contribution in [0.4, 0.5) is 0 Å². The second kappa shape index (κ2) is 31.9. The number of hydrogen-bond acceptors (Lipinski definition) is 12. The van der Waals surface area contributed by atoms with Crippen molar-refractivity contribution in [1.29, 1.82) is 0 Å². The number of esters is 6. The van der Waals surface area contributed by atoms with Crippen molar-refractivity contribution in [3.8, 4) is 0 Å². The van der Waals surface area contributed by atoms with Crippen molar-refractivity contribution in [2.75, 3.05) is 0 Å². The molecule has 0 amide bonds. The fourth-order valence-corrected chi connectivity index (χ4v) is 24.2. The van der Waals surface area contributed by atoms with Crippen LogP contribution in [-0.4, -0.2) is 69.4 Å². The minimum absolute atomic E-state index is 0.163. The van der Waals surface area contributed by atoms with E-state index in [2.05, 4.69) is 87.9 Å². The van der Waals surface area contributed by atoms with Gasteiger partial charge in [-0.25, -0.2) is 28.8 Å². The van der Waals surface area contributed by atoms with E-state index in [4.69, 9.17) is 28.4 Å². The van der Waals surface area contributed by atoms with Gasteiger partial charge in [-0.15, -0.1) is 0 Å². The SMILES string of the molecule is C=C(C)C(=O)OC(C)(CC)C12CC3CC(CC(C3)C1)C2.C=C(C)C(=O)OC1(C(C)C)C2CC3CC(C2)CC1C3.C=C(C)C(=O)OC1(C)C2CC3CC(C2)CC1C3.C=C(C)C(=O)OC1(C)CCCC1.C=C(C)C(=O)OC1(CC)C2CC3CC(C2)CC1C3.C=C(C)C(=O)OC1(CC)CCCCC1. The summed E-state index contributed by atoms with van der Waals surface area (Å²) in [5.41, 5.74) is 2.08. The van der Waals surface area contributed by atoms with E-state index in [1.165, 1.54) is 167 Å². The molecule has 560 valence electrons. The molecule has 18 saturated carbocycles. The Morgan fingerprint density at radius 3 is 1.05 bits per heavy atom. The molecule has 18 fully saturated rings. The van der Waals surface area contributed by atoms with E-state index >= 15 is 0 Å². The zero-order valence-electron chi connectivity index (χ0n) is 65.2. The Labute approximate surface area is 605 Å². The average molecular weight is 1390 g/mol. The van der Waals surface area contributed by atoms with Crippen molar-refractivity contribution in [3.63, 3.8) is 0 Å². The van der Waals surface area contributed by atoms with Crippen molar-refractivity contribution < 1.29 is 57.2 Å². The molecule has 100 heavy (non-hydrogen) atoms. The van der Waals surface area contributed by atoms with Gasteiger partial charge < -0.3 is 28.4 Å². The summed E-state index contributed by atoms with van der Waals surface area (Å²) in [5.74, 6) is 10.9. The molecule has 1 unspecified atom stereocenters. The molecular weight excluding hydrogens is 1250 g/mol. The maximum atomic E-state index is 12.1. The van der Waals surface area contributed by atoms with Crippen LogP contribution in [0.2, 0.25) is 0 Å². The second-order valence-corrected chi connectivity index (χ2v) is 37.0. The van der Waals surface area contributed by atoms with Crippen LogP contribution in [0.5, 0.6) is 0 Å². The summed E-state index contributed by atoms with van der Waals surface area (Å²) in [6.07, 6.45) is 40.5. The summed E-state index contributed by atoms with van der Waals surface area (Å²) >= 11 is 0. The summed E-state index contributed by atoms with van der Waals surface area (Å²) in [4.78, 5) is 70.6. The molecule has 12 nitrogen and oxygen atoms in total. The Morgan fingerprint density at radius 2 is 0.700 bits per heavy atom. The molecule has 0 spiro atoms. The van der Waals surface area contributed by atoms with Gasteiger partial charge in [0.05, 0.1) is 0 Å². The number of rotatable bonds is 17. The van der Waals surface area contributed by atoms with Crippen LogP contribution in [0.1, 0.15) is 309 Å². The highest BCUT2D eigenvalue weighted by molar-refractivity contribution is 5.89. The van der Waals surface area contributed by atoms with Crippen LogP contribution in [0.3, 0.4) is 0 Å². The van der Waals surface area contributed by atoms with Crippen LogP contribution in [0.25, 0.3) is 0 Å². The first kappa shape index (κ1) is 79.4. The molecule has 18 aliphatic carbocycles. The summed E-state index contributed by atoms with van der Waals surface area (Å²) in [6, 6.07) is 0. The first-order chi connectivity index (χ1) is 47.0. The summed E-state index contributed by atoms with van der Waals surface area (Å²) in [7, 11) is 0. The monoisotopic (exact) mass is 1390 g/mol. The van der Waals surface area contributed by atoms with Crippen LogP contribution in [-0.2, 0) is 57.2 Å². The lowest BCUT2D eigenvalue weighted by molar-refractivity contribution is -0.221. The van der Waals surface area contributed by atoms with Crippen molar-refractivity contribution in [3.05, 3.63) is 72.9 Å². The van der Waals surface area contributed by atoms with Crippen LogP contribution < -0.4 is 0 Å². The maximum Gasteiger partial charge on any atom is 0.333 e. The maximum absolute atomic E-state index is 12.1. The molecule has 0 heterocycles. The largest absolute Gasteiger partial charge is 0.456 e. The highest BCUT2D eigenvalue weighted by Crippen LogP contribution is 2.67. The summed E-state index contributed by atoms with van der Waals surface area (Å²) < 4.78 is 34.8. The smallest absolute Gasteiger partial charge is 0.333 e. The predicted octanol–water partition coefficient (Wildman–Crippen LogP) is 21.1. The molecule has 1 atom stereocenters. The zero-order valence-corrected chi connectivity index (χ0v) is 65.2. The van der Waals surface area contributed by atoms with Gasteiger partial charge >= 0.3 is 35.8 Å². The normalized spacial score (nSPS) is 37.9. The third-order valence-electron chi connectivity index (χ3n) is 29.0. The minimum atomic E-state index is -0.307. The van der Waals surface area contributed by atoms with Gasteiger partial charge in [-0.05, 0) is 362 Å². The van der Waals surface area contributed by atoms with E-state index in [-0.39, 0.29) is 74.8 Å². The molecule has 0 aromatic heterocycles. The van der Waals surface area contributed by atoms with Gasteiger partial charge in [0.25, 0.3) is 0 Å². The standard InChI is InChI=1S/C18H28O2.C17H26O2.C16H24O2.C15H22O2.C12H20O2.C10H16O2/c1-5-17(4,20-16(19)12(2)3)18-9-13-6-14(10-18)8-15(7-13)11-18;1-10(2)16(18)19-17(11(3)4)14-6-12-5-13(8-14)9-15(17)7-12;1-4-16(18-15(17)10(2)3)13-6-11-5-12(8-13)9-14(16)7-11;1-9(2)14(16)17-15(3)12-5-10-4-11(7-12)8-13(15)6-10;1-4-12(8-6-5-7-9-12)14-11(13)10(2)3;1-8(2)9(11)12-10(3)6-4-5-7-10/h13-15H,2,5-11H2,1,3-4H3;11-15H,1,5-9H2,2-4H3;11-14H,2,4-9H2,1,3H3;10-13H,1,4-8H2,2-3H3;2,4-9H2,1,3H3;1,4-7H2,2-3H3. The van der Waals surface area contributed by atoms with Crippen molar-refractivity contribution >= 4 is 35.8 Å². The predicted molar refractivity (Wildman–Crippen MR) is 398 cm³/mol. The molecule has 16 bridgehead atoms. The molecule has 0 saturated heterocycles. The van der Waals surface area contributed by atoms with Gasteiger partial charge in [-0.2, -0.15) is 0 Å². The lowest BCUT2D eigenvalue weighted by atomic mass is 9.45. The molecule has 12 heteroatoms. The van der Waals surface area contributed by atoms with Crippen LogP contribution >= 0.6 is 0 Å². The fourth-order valence-electron chi connectivity index (χ4n) is 24.2. The third-order valence-corrected chi connectivity index (χ3v) is 29.0. The molecule has 0 aromatic rings. The fraction of sp³-hybridized carbons (Fsp3) is 0.795. The Morgan fingerprint density at radius 1 is 0.380 bits per heavy atom. The van der Waals surface area contributed by atoms with Crippen molar-refractivity contribution in [2.45, 2.75) is 342 Å². The van der Waals surface area contributed by atoms with Gasteiger partial charge in [-0.1, -0.05) is 80.5 Å². The van der Waals surface area contributed by atoms with Gasteiger partial charge in [-0.3, -0.25) is 0 Å². The molecule has 0 aliphatic heterocycles. The highest BCUT2D eigenvalue weighted by atomic mass is 16.6. The third kappa shape index (κ3) is 17.1. The second-order valence-electron chi connectivity index (χ2n) is 37.0. The number of ether oxygens (including phenoxy) is 6. The topological polar surface area (TPSA) is 158 Å². The number of carbonyl (C=O) groups is 6. The van der Waals surface area contributed by atoms with E-state index in [9.17, 15) is 28.8 Å². The average Bonchev–Trinajstić information content (AvgIpc) is 0.796. The minimum Gasteiger partial charge on any atom is -0.456 e. The Hall–Kier alpha value is -4.74. The van der Waals surface area contributed by atoms with Crippen molar-refractivity contribution in [2.24, 2.45) is 100 Å². The molecule has 0 aromatic carbocycles. The van der Waals surface area contributed by atoms with E-state index in [1.807, 2.05) is 6.92 Å². The van der Waals surface area contributed by atoms with E-state index in [1.54, 1.807) is 41.5 Å². The van der Waals surface area contributed by atoms with Gasteiger partial charge in [0, 0.05) is 38.9 Å². The highest BCUT2D eigenvalue weighted by Gasteiger charge is 2.63. The van der Waals surface area contributed by atoms with E-state index < -0.39 is 0 Å². The van der Waals surface area contributed by atoms with Crippen LogP contribution in [0, 0.1) is 100 Å². The molecule has 0 N–H and O–H groups in total. The quantitative estimate of drug-likeness (QED) is 0.0772. The Kier molecular flexibility index (Phi) is 25.3. The molecule has 0 radical (unpaired) electrons. The first-order valence-corrected chi connectivity index (χ1v) is 40.3. The lowest BCUT2D eigenvalue weighted by Gasteiger charge is -2.62. The summed E-state index contributed by atoms with van der Waals surface area (Å²) in [5, 5.41) is 0. The zero-order chi connectivity index (χ0) is 73.2. The van der Waals surface area contributed by atoms with Gasteiger partial charge in [0.15, 0.2) is 0 Å². The van der Waals surface area contributed by atoms with E-state index in [0.29, 0.717) is 74.9 Å². The van der Waals surface area contributed by atoms with E-state index in [0.717, 1.165) is 98.2 Å². The lowest BCUT2D eigenvalue weighted by Crippen LogP contribution is -2.62. The van der Waals surface area contributed by atoms with Crippen molar-refractivity contribution in [1.82, 2.24) is 0 Å².